The van der Waals surface area contributed by atoms with Crippen LogP contribution in [0.15, 0.2) is 53.6 Å². The van der Waals surface area contributed by atoms with Gasteiger partial charge in [0, 0.05) is 32.4 Å². The molecule has 0 unspecified atom stereocenters. The summed E-state index contributed by atoms with van der Waals surface area (Å²) in [4.78, 5) is 29.3. The lowest BCUT2D eigenvalue weighted by molar-refractivity contribution is -0.135. The van der Waals surface area contributed by atoms with Crippen molar-refractivity contribution in [1.29, 1.82) is 0 Å². The van der Waals surface area contributed by atoms with Crippen molar-refractivity contribution in [2.45, 2.75) is 4.90 Å². The van der Waals surface area contributed by atoms with Crippen LogP contribution in [0.25, 0.3) is 0 Å². The smallest absolute Gasteiger partial charge is 0.357 e. The molecule has 28 heavy (non-hydrogen) atoms. The largest absolute Gasteiger partial charge is 0.451 e. The van der Waals surface area contributed by atoms with Gasteiger partial charge in [-0.05, 0) is 36.4 Å². The predicted molar refractivity (Wildman–Crippen MR) is 96.3 cm³/mol. The lowest BCUT2D eigenvalue weighted by Gasteiger charge is -2.33. The van der Waals surface area contributed by atoms with E-state index in [0.29, 0.717) is 0 Å². The Bertz CT molecular complexity index is 943. The van der Waals surface area contributed by atoms with Gasteiger partial charge in [0.15, 0.2) is 6.61 Å². The van der Waals surface area contributed by atoms with E-state index in [1.165, 1.54) is 33.6 Å². The van der Waals surface area contributed by atoms with Crippen LogP contribution in [0.1, 0.15) is 10.5 Å². The number of ether oxygens (including phenoxy) is 1. The van der Waals surface area contributed by atoms with Gasteiger partial charge >= 0.3 is 5.97 Å². The van der Waals surface area contributed by atoms with Gasteiger partial charge in [-0.15, -0.1) is 0 Å². The maximum Gasteiger partial charge on any atom is 0.357 e. The molecule has 1 saturated heterocycles. The monoisotopic (exact) mass is 407 g/mol. The molecule has 2 heterocycles. The minimum Gasteiger partial charge on any atom is -0.451 e. The van der Waals surface area contributed by atoms with E-state index in [4.69, 9.17) is 4.74 Å². The summed E-state index contributed by atoms with van der Waals surface area (Å²) in [6.07, 6.45) is 1.44. The zero-order valence-electron chi connectivity index (χ0n) is 14.8. The van der Waals surface area contributed by atoms with Crippen molar-refractivity contribution in [2.75, 3.05) is 32.8 Å². The summed E-state index contributed by atoms with van der Waals surface area (Å²) in [7, 11) is -3.75. The lowest BCUT2D eigenvalue weighted by atomic mass is 10.3. The van der Waals surface area contributed by atoms with Gasteiger partial charge in [0.1, 0.15) is 11.5 Å². The van der Waals surface area contributed by atoms with Crippen LogP contribution in [-0.2, 0) is 19.6 Å². The minimum atomic E-state index is -3.75. The summed E-state index contributed by atoms with van der Waals surface area (Å²) in [5.41, 5.74) is 0.102. The van der Waals surface area contributed by atoms with Crippen molar-refractivity contribution in [2.24, 2.45) is 0 Å². The molecular weight excluding hydrogens is 389 g/mol. The number of halogens is 1. The third-order valence-electron chi connectivity index (χ3n) is 4.24. The maximum absolute atomic E-state index is 13.0. The van der Waals surface area contributed by atoms with E-state index >= 15 is 0 Å². The van der Waals surface area contributed by atoms with E-state index in [2.05, 4.69) is 4.98 Å². The number of piperazine rings is 1. The molecule has 0 N–H and O–H groups in total. The molecule has 0 spiro atoms. The van der Waals surface area contributed by atoms with Gasteiger partial charge in [0.05, 0.1) is 4.90 Å². The molecule has 10 heteroatoms. The molecule has 148 valence electrons. The van der Waals surface area contributed by atoms with E-state index in [1.807, 2.05) is 0 Å². The van der Waals surface area contributed by atoms with Crippen molar-refractivity contribution in [3.63, 3.8) is 0 Å². The molecule has 1 amide bonds. The Balaban J connectivity index is 1.52. The molecule has 1 fully saturated rings. The SMILES string of the molecule is O=C(OCC(=O)N1CCN(S(=O)(=O)c2ccc(F)cc2)CC1)c1ccccn1. The van der Waals surface area contributed by atoms with Crippen LogP contribution >= 0.6 is 0 Å². The number of hydrogen-bond acceptors (Lipinski definition) is 6. The number of hydrogen-bond donors (Lipinski definition) is 0. The molecule has 1 aromatic carbocycles. The van der Waals surface area contributed by atoms with Crippen LogP contribution in [0.4, 0.5) is 4.39 Å². The quantitative estimate of drug-likeness (QED) is 0.684. The van der Waals surface area contributed by atoms with Crippen LogP contribution in [0.2, 0.25) is 0 Å². The van der Waals surface area contributed by atoms with E-state index in [0.717, 1.165) is 12.1 Å². The van der Waals surface area contributed by atoms with Crippen LogP contribution in [0.5, 0.6) is 0 Å². The third kappa shape index (κ3) is 4.52. The zero-order valence-corrected chi connectivity index (χ0v) is 15.6. The molecular formula is C18H18FN3O5S. The number of rotatable bonds is 5. The average Bonchev–Trinajstić information content (AvgIpc) is 2.73. The highest BCUT2D eigenvalue weighted by Crippen LogP contribution is 2.18. The second-order valence-electron chi connectivity index (χ2n) is 6.03. The molecule has 0 radical (unpaired) electrons. The van der Waals surface area contributed by atoms with Gasteiger partial charge in [-0.1, -0.05) is 6.07 Å². The second kappa shape index (κ2) is 8.44. The number of aromatic nitrogens is 1. The average molecular weight is 407 g/mol. The zero-order chi connectivity index (χ0) is 20.1. The molecule has 2 aromatic rings. The summed E-state index contributed by atoms with van der Waals surface area (Å²) < 4.78 is 44.3. The van der Waals surface area contributed by atoms with Crippen molar-refractivity contribution in [3.05, 3.63) is 60.2 Å². The van der Waals surface area contributed by atoms with Gasteiger partial charge in [0.2, 0.25) is 10.0 Å². The molecule has 3 rings (SSSR count). The normalized spacial score (nSPS) is 15.2. The van der Waals surface area contributed by atoms with Crippen LogP contribution < -0.4 is 0 Å². The summed E-state index contributed by atoms with van der Waals surface area (Å²) in [5, 5.41) is 0. The summed E-state index contributed by atoms with van der Waals surface area (Å²) in [5.74, 6) is -1.63. The molecule has 8 nitrogen and oxygen atoms in total. The summed E-state index contributed by atoms with van der Waals surface area (Å²) >= 11 is 0. The molecule has 0 aliphatic carbocycles. The van der Waals surface area contributed by atoms with Crippen molar-refractivity contribution in [3.8, 4) is 0 Å². The van der Waals surface area contributed by atoms with Crippen molar-refractivity contribution in [1.82, 2.24) is 14.2 Å². The van der Waals surface area contributed by atoms with Gasteiger partial charge in [-0.25, -0.2) is 22.6 Å². The standard InChI is InChI=1S/C18H18FN3O5S/c19-14-4-6-15(7-5-14)28(25,26)22-11-9-21(10-12-22)17(23)13-27-18(24)16-3-1-2-8-20-16/h1-8H,9-13H2. The van der Waals surface area contributed by atoms with E-state index in [-0.39, 0.29) is 36.8 Å². The first kappa shape index (κ1) is 19.9. The number of pyridine rings is 1. The minimum absolute atomic E-state index is 0.00188. The van der Waals surface area contributed by atoms with Gasteiger partial charge < -0.3 is 9.64 Å². The molecule has 1 aliphatic rings. The number of nitrogens with zero attached hydrogens (tertiary/aromatic N) is 3. The van der Waals surface area contributed by atoms with E-state index in [9.17, 15) is 22.4 Å². The molecule has 1 aliphatic heterocycles. The van der Waals surface area contributed by atoms with Crippen LogP contribution in [0.3, 0.4) is 0 Å². The van der Waals surface area contributed by atoms with E-state index in [1.54, 1.807) is 12.1 Å². The van der Waals surface area contributed by atoms with E-state index < -0.39 is 34.3 Å². The van der Waals surface area contributed by atoms with Gasteiger partial charge in [-0.3, -0.25) is 4.79 Å². The maximum atomic E-state index is 13.0. The highest BCUT2D eigenvalue weighted by molar-refractivity contribution is 7.89. The Morgan fingerprint density at radius 3 is 2.32 bits per heavy atom. The van der Waals surface area contributed by atoms with Crippen LogP contribution in [-0.4, -0.2) is 67.3 Å². The first-order valence-corrected chi connectivity index (χ1v) is 9.93. The Kier molecular flexibility index (Phi) is 6.00. The molecule has 0 atom stereocenters. The van der Waals surface area contributed by atoms with Crippen LogP contribution in [0, 0.1) is 5.82 Å². The van der Waals surface area contributed by atoms with Gasteiger partial charge in [-0.2, -0.15) is 4.31 Å². The van der Waals surface area contributed by atoms with Gasteiger partial charge in [0.25, 0.3) is 5.91 Å². The van der Waals surface area contributed by atoms with Crippen molar-refractivity contribution >= 4 is 21.9 Å². The molecule has 1 aromatic heterocycles. The number of amides is 1. The molecule has 0 bridgehead atoms. The number of carbonyl (C=O) groups excluding carboxylic acids is 2. The number of benzene rings is 1. The topological polar surface area (TPSA) is 96.9 Å². The lowest BCUT2D eigenvalue weighted by Crippen LogP contribution is -2.51. The Morgan fingerprint density at radius 2 is 1.71 bits per heavy atom. The first-order chi connectivity index (χ1) is 13.4. The highest BCUT2D eigenvalue weighted by atomic mass is 32.2. The third-order valence-corrected chi connectivity index (χ3v) is 6.16. The number of carbonyl (C=O) groups is 2. The number of esters is 1. The summed E-state index contributed by atoms with van der Waals surface area (Å²) in [6, 6.07) is 9.35. The molecule has 0 saturated carbocycles. The summed E-state index contributed by atoms with van der Waals surface area (Å²) in [6.45, 7) is 0.0835. The first-order valence-electron chi connectivity index (χ1n) is 8.49. The fraction of sp³-hybridized carbons (Fsp3) is 0.278. The second-order valence-corrected chi connectivity index (χ2v) is 7.97. The predicted octanol–water partition coefficient (Wildman–Crippen LogP) is 0.911. The highest BCUT2D eigenvalue weighted by Gasteiger charge is 2.30. The Hall–Kier alpha value is -2.85. The van der Waals surface area contributed by atoms with Crippen molar-refractivity contribution < 1.29 is 27.1 Å². The fourth-order valence-electron chi connectivity index (χ4n) is 2.71. The Morgan fingerprint density at radius 1 is 1.04 bits per heavy atom. The Labute approximate surface area is 161 Å². The number of sulfonamides is 1. The fourth-order valence-corrected chi connectivity index (χ4v) is 4.13.